The Labute approximate surface area is 152 Å². The Hall–Kier alpha value is -1.87. The second kappa shape index (κ2) is 8.22. The summed E-state index contributed by atoms with van der Waals surface area (Å²) in [5, 5.41) is 0. The minimum absolute atomic E-state index is 0.169. The molecule has 3 rings (SSSR count). The lowest BCUT2D eigenvalue weighted by Gasteiger charge is -2.44. The molecule has 9 heteroatoms. The maximum atomic E-state index is 13.1. The average molecular weight is 386 g/mol. The normalized spacial score (nSPS) is 23.7. The zero-order valence-electron chi connectivity index (χ0n) is 14.4. The largest absolute Gasteiger partial charge is 0.448 e. The van der Waals surface area contributed by atoms with Crippen molar-refractivity contribution in [1.82, 2.24) is 9.62 Å². The maximum Gasteiger partial charge on any atom is 0.423 e. The van der Waals surface area contributed by atoms with E-state index in [9.17, 15) is 17.6 Å². The predicted molar refractivity (Wildman–Crippen MR) is 92.4 cm³/mol. The van der Waals surface area contributed by atoms with Gasteiger partial charge in [0.05, 0.1) is 6.61 Å². The fraction of sp³-hybridized carbons (Fsp3) is 0.588. The van der Waals surface area contributed by atoms with Crippen LogP contribution >= 0.6 is 0 Å². The van der Waals surface area contributed by atoms with E-state index in [1.165, 1.54) is 25.0 Å². The molecular formula is C17H23FN2O5S. The van der Waals surface area contributed by atoms with Crippen LogP contribution in [0.4, 0.5) is 9.18 Å². The Bertz CT molecular complexity index is 740. The molecule has 1 N–H and O–H groups in total. The molecule has 2 atom stereocenters. The predicted octanol–water partition coefficient (Wildman–Crippen LogP) is 2.44. The van der Waals surface area contributed by atoms with Crippen molar-refractivity contribution >= 4 is 16.4 Å². The lowest BCUT2D eigenvalue weighted by Crippen LogP contribution is -2.49. The van der Waals surface area contributed by atoms with Crippen LogP contribution in [0.15, 0.2) is 24.3 Å². The first kappa shape index (κ1) is 18.9. The number of carbonyl (C=O) groups is 1. The van der Waals surface area contributed by atoms with Gasteiger partial charge in [-0.3, -0.25) is 4.90 Å². The van der Waals surface area contributed by atoms with Crippen LogP contribution in [0.25, 0.3) is 0 Å². The molecular weight excluding hydrogens is 363 g/mol. The van der Waals surface area contributed by atoms with Gasteiger partial charge < -0.3 is 8.92 Å². The lowest BCUT2D eigenvalue weighted by atomic mass is 9.84. The van der Waals surface area contributed by atoms with Gasteiger partial charge in [-0.25, -0.2) is 9.18 Å². The Morgan fingerprint density at radius 3 is 2.85 bits per heavy atom. The molecule has 2 aliphatic heterocycles. The van der Waals surface area contributed by atoms with Crippen LogP contribution in [0.2, 0.25) is 0 Å². The van der Waals surface area contributed by atoms with Crippen molar-refractivity contribution in [1.29, 1.82) is 0 Å². The van der Waals surface area contributed by atoms with E-state index in [-0.39, 0.29) is 18.3 Å². The first-order chi connectivity index (χ1) is 12.4. The zero-order valence-corrected chi connectivity index (χ0v) is 15.2. The molecule has 0 saturated carbocycles. The molecule has 2 fully saturated rings. The van der Waals surface area contributed by atoms with E-state index < -0.39 is 22.2 Å². The van der Waals surface area contributed by atoms with E-state index in [0.29, 0.717) is 6.04 Å². The molecule has 144 valence electrons. The molecule has 0 unspecified atom stereocenters. The van der Waals surface area contributed by atoms with E-state index in [1.807, 2.05) is 0 Å². The van der Waals surface area contributed by atoms with Crippen molar-refractivity contribution in [2.75, 3.05) is 19.7 Å². The number of halogens is 1. The summed E-state index contributed by atoms with van der Waals surface area (Å²) in [7, 11) is -4.43. The highest BCUT2D eigenvalue weighted by Crippen LogP contribution is 2.31. The molecule has 26 heavy (non-hydrogen) atoms. The van der Waals surface area contributed by atoms with Gasteiger partial charge >= 0.3 is 16.4 Å². The number of nitrogens with zero attached hydrogens (tertiary/aromatic N) is 1. The van der Waals surface area contributed by atoms with E-state index in [0.717, 1.165) is 44.5 Å². The molecule has 0 radical (unpaired) electrons. The summed E-state index contributed by atoms with van der Waals surface area (Å²) in [6.45, 7) is 2.31. The lowest BCUT2D eigenvalue weighted by molar-refractivity contribution is 0.0244. The summed E-state index contributed by atoms with van der Waals surface area (Å²) in [5.41, 5.74) is 0. The monoisotopic (exact) mass is 386 g/mol. The highest BCUT2D eigenvalue weighted by Gasteiger charge is 2.33. The van der Waals surface area contributed by atoms with Crippen molar-refractivity contribution < 1.29 is 26.5 Å². The third kappa shape index (κ3) is 5.07. The van der Waals surface area contributed by atoms with Crippen molar-refractivity contribution in [3.05, 3.63) is 30.1 Å². The Morgan fingerprint density at radius 2 is 2.04 bits per heavy atom. The number of carbonyl (C=O) groups excluding carboxylic acids is 1. The van der Waals surface area contributed by atoms with Gasteiger partial charge in [0, 0.05) is 18.0 Å². The van der Waals surface area contributed by atoms with E-state index in [4.69, 9.17) is 4.74 Å². The van der Waals surface area contributed by atoms with Crippen molar-refractivity contribution in [2.24, 2.45) is 5.92 Å². The number of ether oxygens (including phenoxy) is 1. The minimum Gasteiger partial charge on any atom is -0.448 e. The number of fused-ring (bicyclic) bond motifs is 1. The zero-order chi connectivity index (χ0) is 18.6. The third-order valence-electron chi connectivity index (χ3n) is 4.87. The SMILES string of the molecule is O=C(NS(=O)(=O)Oc1cccc(F)c1)OC[C@@H]1CCCN2CCCC[C@@H]12. The van der Waals surface area contributed by atoms with Crippen LogP contribution < -0.4 is 8.91 Å². The molecule has 1 aromatic carbocycles. The Kier molecular flexibility index (Phi) is 5.98. The van der Waals surface area contributed by atoms with Crippen LogP contribution in [0.3, 0.4) is 0 Å². The van der Waals surface area contributed by atoms with E-state index in [1.54, 1.807) is 4.72 Å². The van der Waals surface area contributed by atoms with Crippen LogP contribution in [0.5, 0.6) is 5.75 Å². The van der Waals surface area contributed by atoms with Crippen molar-refractivity contribution in [3.8, 4) is 5.75 Å². The number of rotatable bonds is 5. The van der Waals surface area contributed by atoms with Gasteiger partial charge in [-0.2, -0.15) is 13.1 Å². The summed E-state index contributed by atoms with van der Waals surface area (Å²) in [6, 6.07) is 5.03. The third-order valence-corrected chi connectivity index (χ3v) is 5.70. The Morgan fingerprint density at radius 1 is 1.23 bits per heavy atom. The minimum atomic E-state index is -4.43. The number of amides is 1. The topological polar surface area (TPSA) is 84.9 Å². The fourth-order valence-corrected chi connectivity index (χ4v) is 4.41. The Balaban J connectivity index is 1.50. The van der Waals surface area contributed by atoms with E-state index >= 15 is 0 Å². The van der Waals surface area contributed by atoms with Crippen LogP contribution in [-0.2, 0) is 15.0 Å². The molecule has 2 heterocycles. The number of nitrogens with one attached hydrogen (secondary N) is 1. The first-order valence-corrected chi connectivity index (χ1v) is 10.2. The number of benzene rings is 1. The molecule has 2 aliphatic rings. The molecule has 0 aliphatic carbocycles. The number of hydrogen-bond donors (Lipinski definition) is 1. The molecule has 2 saturated heterocycles. The number of piperidine rings is 2. The fourth-order valence-electron chi connectivity index (χ4n) is 3.75. The highest BCUT2D eigenvalue weighted by atomic mass is 32.2. The van der Waals surface area contributed by atoms with Gasteiger partial charge in [-0.1, -0.05) is 12.5 Å². The number of hydrogen-bond acceptors (Lipinski definition) is 6. The van der Waals surface area contributed by atoms with Gasteiger partial charge in [-0.05, 0) is 50.9 Å². The molecule has 0 spiro atoms. The molecule has 1 aromatic rings. The van der Waals surface area contributed by atoms with E-state index in [2.05, 4.69) is 9.08 Å². The highest BCUT2D eigenvalue weighted by molar-refractivity contribution is 7.85. The maximum absolute atomic E-state index is 13.1. The first-order valence-electron chi connectivity index (χ1n) is 8.81. The van der Waals surface area contributed by atoms with Gasteiger partial charge in [0.25, 0.3) is 0 Å². The summed E-state index contributed by atoms with van der Waals surface area (Å²) >= 11 is 0. The van der Waals surface area contributed by atoms with Crippen LogP contribution in [0.1, 0.15) is 32.1 Å². The van der Waals surface area contributed by atoms with Crippen molar-refractivity contribution in [2.45, 2.75) is 38.1 Å². The molecule has 0 bridgehead atoms. The second-order valence-corrected chi connectivity index (χ2v) is 7.98. The van der Waals surface area contributed by atoms with Crippen LogP contribution in [0, 0.1) is 11.7 Å². The molecule has 7 nitrogen and oxygen atoms in total. The average Bonchev–Trinajstić information content (AvgIpc) is 2.59. The van der Waals surface area contributed by atoms with Gasteiger partial charge in [0.2, 0.25) is 0 Å². The smallest absolute Gasteiger partial charge is 0.423 e. The van der Waals surface area contributed by atoms with Crippen LogP contribution in [-0.4, -0.2) is 45.1 Å². The second-order valence-electron chi connectivity index (χ2n) is 6.70. The summed E-state index contributed by atoms with van der Waals surface area (Å²) in [4.78, 5) is 14.3. The summed E-state index contributed by atoms with van der Waals surface area (Å²) < 4.78 is 48.2. The van der Waals surface area contributed by atoms with Gasteiger partial charge in [-0.15, -0.1) is 0 Å². The standard InChI is InChI=1S/C17H23FN2O5S/c18-14-6-3-7-15(11-14)25-26(22,23)19-17(21)24-12-13-5-4-10-20-9-2-1-8-16(13)20/h3,6-7,11,13,16H,1-2,4-5,8-10,12H2,(H,19,21)/t13-,16-/m0/s1. The van der Waals surface area contributed by atoms with Gasteiger partial charge in [0.15, 0.2) is 0 Å². The summed E-state index contributed by atoms with van der Waals surface area (Å²) in [6.07, 6.45) is 4.36. The quantitative estimate of drug-likeness (QED) is 0.837. The van der Waals surface area contributed by atoms with Gasteiger partial charge in [0.1, 0.15) is 11.6 Å². The molecule has 0 aromatic heterocycles. The van der Waals surface area contributed by atoms with Crippen molar-refractivity contribution in [3.63, 3.8) is 0 Å². The molecule has 1 amide bonds. The summed E-state index contributed by atoms with van der Waals surface area (Å²) in [5.74, 6) is -0.660.